The Morgan fingerprint density at radius 3 is 2.56 bits per heavy atom. The van der Waals surface area contributed by atoms with Gasteiger partial charge in [-0.05, 0) is 12.0 Å². The number of benzene rings is 1. The van der Waals surface area contributed by atoms with Gasteiger partial charge in [0.1, 0.15) is 0 Å². The standard InChI is InChI=1S/C11H13NO3S/c13-11-12(7-4-8-16(11,14)15)9-10-5-2-1-3-6-10/h1-3,5-6H,4,7-9H2. The Morgan fingerprint density at radius 2 is 1.88 bits per heavy atom. The van der Waals surface area contributed by atoms with Crippen molar-refractivity contribution in [1.82, 2.24) is 4.90 Å². The zero-order chi connectivity index (χ0) is 11.6. The molecule has 0 aliphatic carbocycles. The molecule has 1 aliphatic heterocycles. The number of carbonyl (C=O) groups excluding carboxylic acids is 1. The lowest BCUT2D eigenvalue weighted by atomic mass is 10.2. The van der Waals surface area contributed by atoms with Gasteiger partial charge in [-0.1, -0.05) is 30.3 Å². The molecular formula is C11H13NO3S. The molecule has 4 nitrogen and oxygen atoms in total. The van der Waals surface area contributed by atoms with Crippen LogP contribution in [0.4, 0.5) is 4.79 Å². The first-order chi connectivity index (χ1) is 7.59. The van der Waals surface area contributed by atoms with Gasteiger partial charge in [-0.25, -0.2) is 8.42 Å². The summed E-state index contributed by atoms with van der Waals surface area (Å²) in [4.78, 5) is 13.0. The normalized spacial score (nSPS) is 19.8. The van der Waals surface area contributed by atoms with Crippen molar-refractivity contribution in [3.8, 4) is 0 Å². The Kier molecular flexibility index (Phi) is 2.96. The number of hydrogen-bond acceptors (Lipinski definition) is 3. The molecule has 1 aromatic rings. The third kappa shape index (κ3) is 2.24. The molecule has 1 aliphatic rings. The van der Waals surface area contributed by atoms with Crippen molar-refractivity contribution in [2.75, 3.05) is 12.3 Å². The van der Waals surface area contributed by atoms with Gasteiger partial charge in [-0.15, -0.1) is 0 Å². The largest absolute Gasteiger partial charge is 0.339 e. The highest BCUT2D eigenvalue weighted by Gasteiger charge is 2.32. The van der Waals surface area contributed by atoms with Crippen LogP contribution in [0.1, 0.15) is 12.0 Å². The quantitative estimate of drug-likeness (QED) is 0.784. The van der Waals surface area contributed by atoms with E-state index in [0.29, 0.717) is 19.5 Å². The van der Waals surface area contributed by atoms with Crippen molar-refractivity contribution in [1.29, 1.82) is 0 Å². The Balaban J connectivity index is 2.14. The van der Waals surface area contributed by atoms with Gasteiger partial charge in [-0.2, -0.15) is 0 Å². The summed E-state index contributed by atoms with van der Waals surface area (Å²) in [6, 6.07) is 9.40. The molecule has 1 amide bonds. The molecule has 2 rings (SSSR count). The van der Waals surface area contributed by atoms with Gasteiger partial charge < -0.3 is 4.90 Å². The van der Waals surface area contributed by atoms with E-state index in [-0.39, 0.29) is 5.75 Å². The molecule has 0 radical (unpaired) electrons. The van der Waals surface area contributed by atoms with Gasteiger partial charge >= 0.3 is 5.24 Å². The van der Waals surface area contributed by atoms with Crippen molar-refractivity contribution < 1.29 is 13.2 Å². The lowest BCUT2D eigenvalue weighted by molar-refractivity contribution is 0.215. The summed E-state index contributed by atoms with van der Waals surface area (Å²) in [5.74, 6) is -0.0167. The number of hydrogen-bond donors (Lipinski definition) is 0. The molecule has 0 aromatic heterocycles. The van der Waals surface area contributed by atoms with E-state index in [1.54, 1.807) is 0 Å². The van der Waals surface area contributed by atoms with Gasteiger partial charge in [0.05, 0.1) is 5.75 Å². The topological polar surface area (TPSA) is 54.5 Å². The Hall–Kier alpha value is -1.36. The number of sulfone groups is 1. The zero-order valence-corrected chi connectivity index (χ0v) is 9.61. The summed E-state index contributed by atoms with van der Waals surface area (Å²) in [5.41, 5.74) is 0.952. The molecule has 1 fully saturated rings. The predicted molar refractivity (Wildman–Crippen MR) is 60.7 cm³/mol. The summed E-state index contributed by atoms with van der Waals surface area (Å²) in [5, 5.41) is -0.734. The summed E-state index contributed by atoms with van der Waals surface area (Å²) in [6.45, 7) is 0.895. The molecule has 0 bridgehead atoms. The second-order valence-corrected chi connectivity index (χ2v) is 5.83. The van der Waals surface area contributed by atoms with Crippen LogP contribution in [0.15, 0.2) is 30.3 Å². The number of amides is 1. The average Bonchev–Trinajstić information content (AvgIpc) is 2.26. The van der Waals surface area contributed by atoms with Crippen molar-refractivity contribution in [2.45, 2.75) is 13.0 Å². The van der Waals surface area contributed by atoms with Crippen LogP contribution in [0, 0.1) is 0 Å². The van der Waals surface area contributed by atoms with Gasteiger partial charge in [0.15, 0.2) is 0 Å². The highest BCUT2D eigenvalue weighted by molar-refractivity contribution is 8.06. The summed E-state index contributed by atoms with van der Waals surface area (Å²) >= 11 is 0. The highest BCUT2D eigenvalue weighted by atomic mass is 32.2. The van der Waals surface area contributed by atoms with E-state index in [0.717, 1.165) is 5.56 Å². The van der Waals surface area contributed by atoms with E-state index in [4.69, 9.17) is 0 Å². The van der Waals surface area contributed by atoms with Gasteiger partial charge in [-0.3, -0.25) is 4.79 Å². The van der Waals surface area contributed by atoms with Crippen LogP contribution in [0.3, 0.4) is 0 Å². The summed E-state index contributed by atoms with van der Waals surface area (Å²) in [7, 11) is -3.54. The van der Waals surface area contributed by atoms with Crippen LogP contribution in [-0.2, 0) is 16.4 Å². The Bertz CT molecular complexity index is 481. The second-order valence-electron chi connectivity index (χ2n) is 3.85. The van der Waals surface area contributed by atoms with Crippen LogP contribution in [-0.4, -0.2) is 30.9 Å². The van der Waals surface area contributed by atoms with Gasteiger partial charge in [0.2, 0.25) is 9.84 Å². The maximum atomic E-state index is 11.6. The molecule has 0 saturated carbocycles. The molecule has 1 saturated heterocycles. The van der Waals surface area contributed by atoms with E-state index in [1.807, 2.05) is 30.3 Å². The maximum absolute atomic E-state index is 11.6. The molecule has 0 N–H and O–H groups in total. The third-order valence-corrected chi connectivity index (χ3v) is 4.20. The zero-order valence-electron chi connectivity index (χ0n) is 8.80. The highest BCUT2D eigenvalue weighted by Crippen LogP contribution is 2.14. The molecular weight excluding hydrogens is 226 g/mol. The van der Waals surface area contributed by atoms with E-state index in [1.165, 1.54) is 4.90 Å². The van der Waals surface area contributed by atoms with E-state index in [2.05, 4.69) is 0 Å². The van der Waals surface area contributed by atoms with E-state index < -0.39 is 15.1 Å². The average molecular weight is 239 g/mol. The number of nitrogens with zero attached hydrogens (tertiary/aromatic N) is 1. The Morgan fingerprint density at radius 1 is 1.19 bits per heavy atom. The van der Waals surface area contributed by atoms with Crippen molar-refractivity contribution >= 4 is 15.1 Å². The van der Waals surface area contributed by atoms with Crippen LogP contribution >= 0.6 is 0 Å². The number of carbonyl (C=O) groups is 1. The molecule has 5 heteroatoms. The number of rotatable bonds is 2. The van der Waals surface area contributed by atoms with Crippen LogP contribution in [0.25, 0.3) is 0 Å². The minimum Gasteiger partial charge on any atom is -0.325 e. The predicted octanol–water partition coefficient (Wildman–Crippen LogP) is 1.43. The molecule has 16 heavy (non-hydrogen) atoms. The van der Waals surface area contributed by atoms with Gasteiger partial charge in [0, 0.05) is 13.1 Å². The minimum absolute atomic E-state index is 0.0167. The fourth-order valence-electron chi connectivity index (χ4n) is 1.77. The molecule has 1 heterocycles. The van der Waals surface area contributed by atoms with Crippen molar-refractivity contribution in [3.05, 3.63) is 35.9 Å². The first kappa shape index (κ1) is 11.1. The summed E-state index contributed by atoms with van der Waals surface area (Å²) in [6.07, 6.45) is 0.529. The van der Waals surface area contributed by atoms with Gasteiger partial charge in [0.25, 0.3) is 0 Å². The first-order valence-electron chi connectivity index (χ1n) is 5.15. The Labute approximate surface area is 94.8 Å². The monoisotopic (exact) mass is 239 g/mol. The third-order valence-electron chi connectivity index (χ3n) is 2.58. The van der Waals surface area contributed by atoms with Crippen molar-refractivity contribution in [2.24, 2.45) is 0 Å². The molecule has 86 valence electrons. The maximum Gasteiger partial charge on any atom is 0.339 e. The van der Waals surface area contributed by atoms with Crippen LogP contribution in [0.5, 0.6) is 0 Å². The second kappa shape index (κ2) is 4.25. The molecule has 0 spiro atoms. The first-order valence-corrected chi connectivity index (χ1v) is 6.80. The fourth-order valence-corrected chi connectivity index (χ4v) is 3.00. The lowest BCUT2D eigenvalue weighted by Crippen LogP contribution is -2.41. The molecule has 0 atom stereocenters. The van der Waals surface area contributed by atoms with Crippen molar-refractivity contribution in [3.63, 3.8) is 0 Å². The van der Waals surface area contributed by atoms with Crippen LogP contribution in [0.2, 0.25) is 0 Å². The minimum atomic E-state index is -3.54. The molecule has 1 aromatic carbocycles. The SMILES string of the molecule is O=C1N(Cc2ccccc2)CCCS1(=O)=O. The smallest absolute Gasteiger partial charge is 0.325 e. The summed E-state index contributed by atoms with van der Waals surface area (Å²) < 4.78 is 22.8. The fraction of sp³-hybridized carbons (Fsp3) is 0.364. The molecule has 0 unspecified atom stereocenters. The van der Waals surface area contributed by atoms with Crippen LogP contribution < -0.4 is 0 Å². The lowest BCUT2D eigenvalue weighted by Gasteiger charge is -2.26. The van der Waals surface area contributed by atoms with E-state index in [9.17, 15) is 13.2 Å². The van der Waals surface area contributed by atoms with E-state index >= 15 is 0 Å².